The van der Waals surface area contributed by atoms with E-state index in [2.05, 4.69) is 15.5 Å². The molecule has 0 bridgehead atoms. The largest absolute Gasteiger partial charge is 0.340 e. The summed E-state index contributed by atoms with van der Waals surface area (Å²) in [5.74, 6) is 0.0767. The molecule has 1 heterocycles. The number of sulfone groups is 1. The molecule has 11 heteroatoms. The van der Waals surface area contributed by atoms with E-state index >= 15 is 0 Å². The number of nitrogens with zero attached hydrogens (tertiary/aromatic N) is 3. The molecule has 27 heavy (non-hydrogen) atoms. The standard InChI is InChI=1S/C16H18N4O6S/c1-10-17-15(19-26-10)16(5-3-4-6-16)18-14(21)11-7-12(20(22)23)9-13(8-11)27(2,24)25/h7-9H,3-6H2,1-2H3,(H,18,21). The molecule has 3 rings (SSSR count). The number of carbonyl (C=O) groups is 1. The Morgan fingerprint density at radius 3 is 2.48 bits per heavy atom. The number of benzene rings is 1. The number of carbonyl (C=O) groups excluding carboxylic acids is 1. The second-order valence-corrected chi connectivity index (χ2v) is 8.64. The van der Waals surface area contributed by atoms with Crippen LogP contribution in [-0.2, 0) is 15.4 Å². The molecule has 1 aromatic heterocycles. The highest BCUT2D eigenvalue weighted by Gasteiger charge is 2.41. The first-order valence-corrected chi connectivity index (χ1v) is 10.1. The third-order valence-corrected chi connectivity index (χ3v) is 5.65. The Balaban J connectivity index is 2.00. The fourth-order valence-electron chi connectivity index (χ4n) is 3.20. The lowest BCUT2D eigenvalue weighted by atomic mass is 9.96. The Morgan fingerprint density at radius 2 is 1.96 bits per heavy atom. The smallest absolute Gasteiger partial charge is 0.271 e. The summed E-state index contributed by atoms with van der Waals surface area (Å²) in [6, 6.07) is 3.11. The van der Waals surface area contributed by atoms with E-state index in [0.717, 1.165) is 37.3 Å². The quantitative estimate of drug-likeness (QED) is 0.597. The Kier molecular flexibility index (Phi) is 4.72. The Morgan fingerprint density at radius 1 is 1.30 bits per heavy atom. The molecule has 1 aromatic carbocycles. The summed E-state index contributed by atoms with van der Waals surface area (Å²) in [7, 11) is -3.73. The lowest BCUT2D eigenvalue weighted by molar-refractivity contribution is -0.385. The number of rotatable bonds is 5. The van der Waals surface area contributed by atoms with Crippen molar-refractivity contribution in [3.8, 4) is 0 Å². The number of amides is 1. The van der Waals surface area contributed by atoms with Gasteiger partial charge in [0, 0.05) is 30.9 Å². The summed E-state index contributed by atoms with van der Waals surface area (Å²) in [4.78, 5) is 27.1. The van der Waals surface area contributed by atoms with Crippen LogP contribution in [0.15, 0.2) is 27.6 Å². The second kappa shape index (κ2) is 6.72. The van der Waals surface area contributed by atoms with Gasteiger partial charge in [-0.15, -0.1) is 0 Å². The summed E-state index contributed by atoms with van der Waals surface area (Å²) in [5.41, 5.74) is -1.43. The molecule has 1 fully saturated rings. The minimum absolute atomic E-state index is 0.115. The van der Waals surface area contributed by atoms with E-state index in [1.807, 2.05) is 0 Å². The van der Waals surface area contributed by atoms with E-state index in [9.17, 15) is 23.3 Å². The van der Waals surface area contributed by atoms with Crippen LogP contribution in [-0.4, -0.2) is 35.6 Å². The predicted octanol–water partition coefficient (Wildman–Crippen LogP) is 1.89. The number of aryl methyl sites for hydroxylation is 1. The maximum atomic E-state index is 12.8. The summed E-state index contributed by atoms with van der Waals surface area (Å²) in [6.45, 7) is 1.64. The van der Waals surface area contributed by atoms with Crippen LogP contribution in [0.5, 0.6) is 0 Å². The van der Waals surface area contributed by atoms with Crippen LogP contribution >= 0.6 is 0 Å². The van der Waals surface area contributed by atoms with Crippen LogP contribution < -0.4 is 5.32 Å². The molecule has 0 spiro atoms. The maximum absolute atomic E-state index is 12.8. The minimum Gasteiger partial charge on any atom is -0.340 e. The molecule has 0 radical (unpaired) electrons. The Bertz CT molecular complexity index is 1010. The van der Waals surface area contributed by atoms with Crippen molar-refractivity contribution < 1.29 is 22.7 Å². The third kappa shape index (κ3) is 3.82. The van der Waals surface area contributed by atoms with Crippen LogP contribution in [0.1, 0.15) is 47.8 Å². The number of nitro groups is 1. The number of nitro benzene ring substituents is 1. The van der Waals surface area contributed by atoms with E-state index in [1.54, 1.807) is 6.92 Å². The number of non-ortho nitro benzene ring substituents is 1. The molecular weight excluding hydrogens is 376 g/mol. The molecule has 1 saturated carbocycles. The molecule has 1 aliphatic carbocycles. The number of aromatic nitrogens is 2. The van der Waals surface area contributed by atoms with Gasteiger partial charge in [-0.2, -0.15) is 4.98 Å². The zero-order valence-corrected chi connectivity index (χ0v) is 15.6. The summed E-state index contributed by atoms with van der Waals surface area (Å²) >= 11 is 0. The summed E-state index contributed by atoms with van der Waals surface area (Å²) in [6.07, 6.45) is 3.79. The van der Waals surface area contributed by atoms with E-state index in [1.165, 1.54) is 0 Å². The zero-order chi connectivity index (χ0) is 19.8. The van der Waals surface area contributed by atoms with E-state index in [4.69, 9.17) is 4.52 Å². The van der Waals surface area contributed by atoms with Gasteiger partial charge in [0.1, 0.15) is 5.54 Å². The van der Waals surface area contributed by atoms with E-state index in [0.29, 0.717) is 24.6 Å². The Labute approximate surface area is 155 Å². The lowest BCUT2D eigenvalue weighted by Crippen LogP contribution is -2.44. The van der Waals surface area contributed by atoms with Crippen LogP contribution in [0.4, 0.5) is 5.69 Å². The van der Waals surface area contributed by atoms with Crippen LogP contribution in [0.2, 0.25) is 0 Å². The molecular formula is C16H18N4O6S. The Hall–Kier alpha value is -2.82. The van der Waals surface area contributed by atoms with Gasteiger partial charge in [0.15, 0.2) is 15.7 Å². The zero-order valence-electron chi connectivity index (χ0n) is 14.8. The van der Waals surface area contributed by atoms with Gasteiger partial charge in [-0.05, 0) is 18.9 Å². The topological polar surface area (TPSA) is 145 Å². The van der Waals surface area contributed by atoms with Crippen molar-refractivity contribution in [1.29, 1.82) is 0 Å². The molecule has 10 nitrogen and oxygen atoms in total. The van der Waals surface area contributed by atoms with Crippen molar-refractivity contribution in [2.45, 2.75) is 43.0 Å². The minimum atomic E-state index is -3.73. The number of nitrogens with one attached hydrogen (secondary N) is 1. The average Bonchev–Trinajstić information content (AvgIpc) is 3.23. The van der Waals surface area contributed by atoms with Gasteiger partial charge < -0.3 is 9.84 Å². The molecule has 0 atom stereocenters. The van der Waals surface area contributed by atoms with Crippen molar-refractivity contribution in [2.24, 2.45) is 0 Å². The van der Waals surface area contributed by atoms with Crippen LogP contribution in [0.3, 0.4) is 0 Å². The fraction of sp³-hybridized carbons (Fsp3) is 0.438. The van der Waals surface area contributed by atoms with Gasteiger partial charge in [-0.25, -0.2) is 8.42 Å². The monoisotopic (exact) mass is 394 g/mol. The number of hydrogen-bond donors (Lipinski definition) is 1. The SMILES string of the molecule is Cc1nc(C2(NC(=O)c3cc([N+](=O)[O-])cc(S(C)(=O)=O)c3)CCCC2)no1. The molecule has 0 unspecified atom stereocenters. The van der Waals surface area contributed by atoms with Crippen LogP contribution in [0.25, 0.3) is 0 Å². The third-order valence-electron chi connectivity index (χ3n) is 4.56. The fourth-order valence-corrected chi connectivity index (χ4v) is 3.88. The van der Waals surface area contributed by atoms with Crippen molar-refractivity contribution in [2.75, 3.05) is 6.26 Å². The highest BCUT2D eigenvalue weighted by Crippen LogP contribution is 2.37. The highest BCUT2D eigenvalue weighted by atomic mass is 32.2. The summed E-state index contributed by atoms with van der Waals surface area (Å²) < 4.78 is 28.7. The first-order valence-electron chi connectivity index (χ1n) is 8.24. The van der Waals surface area contributed by atoms with Gasteiger partial charge in [-0.1, -0.05) is 18.0 Å². The average molecular weight is 394 g/mol. The number of hydrogen-bond acceptors (Lipinski definition) is 8. The van der Waals surface area contributed by atoms with Gasteiger partial charge in [0.2, 0.25) is 5.89 Å². The van der Waals surface area contributed by atoms with Crippen molar-refractivity contribution in [3.05, 3.63) is 45.6 Å². The van der Waals surface area contributed by atoms with Gasteiger partial charge in [0.25, 0.3) is 11.6 Å². The van der Waals surface area contributed by atoms with Crippen LogP contribution in [0, 0.1) is 17.0 Å². The predicted molar refractivity (Wildman–Crippen MR) is 92.9 cm³/mol. The molecule has 0 saturated heterocycles. The van der Waals surface area contributed by atoms with Gasteiger partial charge in [0.05, 0.1) is 9.82 Å². The van der Waals surface area contributed by atoms with Crippen molar-refractivity contribution in [1.82, 2.24) is 15.5 Å². The lowest BCUT2D eigenvalue weighted by Gasteiger charge is -2.26. The molecule has 1 aliphatic rings. The highest BCUT2D eigenvalue weighted by molar-refractivity contribution is 7.90. The first kappa shape index (κ1) is 19.0. The van der Waals surface area contributed by atoms with Gasteiger partial charge in [-0.3, -0.25) is 14.9 Å². The first-order chi connectivity index (χ1) is 12.6. The summed E-state index contributed by atoms with van der Waals surface area (Å²) in [5, 5.41) is 17.9. The van der Waals surface area contributed by atoms with E-state index < -0.39 is 31.9 Å². The van der Waals surface area contributed by atoms with E-state index in [-0.39, 0.29) is 10.5 Å². The van der Waals surface area contributed by atoms with Crippen molar-refractivity contribution in [3.63, 3.8) is 0 Å². The molecule has 1 amide bonds. The molecule has 144 valence electrons. The normalized spacial score (nSPS) is 16.2. The molecule has 2 aromatic rings. The molecule has 0 aliphatic heterocycles. The van der Waals surface area contributed by atoms with Gasteiger partial charge >= 0.3 is 0 Å². The molecule has 1 N–H and O–H groups in total. The second-order valence-electron chi connectivity index (χ2n) is 6.63. The maximum Gasteiger partial charge on any atom is 0.271 e. The van der Waals surface area contributed by atoms with Crippen molar-refractivity contribution >= 4 is 21.4 Å².